The third-order valence-corrected chi connectivity index (χ3v) is 12.0. The fraction of sp³-hybridized carbons (Fsp3) is 1.00. The fourth-order valence-electron chi connectivity index (χ4n) is 4.21. The summed E-state index contributed by atoms with van der Waals surface area (Å²) in [4.78, 5) is 0. The van der Waals surface area contributed by atoms with Crippen LogP contribution in [0.25, 0.3) is 0 Å². The van der Waals surface area contributed by atoms with Crippen LogP contribution < -0.4 is 0 Å². The average Bonchev–Trinajstić information content (AvgIpc) is 2.73. The molecule has 1 heterocycles. The predicted molar refractivity (Wildman–Crippen MR) is 139 cm³/mol. The zero-order valence-electron chi connectivity index (χ0n) is 22.6. The van der Waals surface area contributed by atoms with Crippen molar-refractivity contribution in [2.24, 2.45) is 0 Å². The van der Waals surface area contributed by atoms with Gasteiger partial charge in [0, 0.05) is 13.0 Å². The minimum Gasteiger partial charge on any atom is -0.414 e. The van der Waals surface area contributed by atoms with E-state index in [2.05, 4.69) is 47.7 Å². The Morgan fingerprint density at radius 3 is 2.00 bits per heavy atom. The highest BCUT2D eigenvalue weighted by Crippen LogP contribution is 2.37. The monoisotopic (exact) mass is 472 g/mol. The van der Waals surface area contributed by atoms with Crippen molar-refractivity contribution < 1.29 is 19.0 Å². The van der Waals surface area contributed by atoms with E-state index in [1.54, 1.807) is 0 Å². The number of ether oxygens (including phenoxy) is 2. The van der Waals surface area contributed by atoms with Crippen molar-refractivity contribution in [3.63, 3.8) is 0 Å². The van der Waals surface area contributed by atoms with Crippen LogP contribution in [0.5, 0.6) is 0 Å². The summed E-state index contributed by atoms with van der Waals surface area (Å²) >= 11 is 0. The predicted octanol–water partition coefficient (Wildman–Crippen LogP) is 7.98. The highest BCUT2D eigenvalue weighted by Gasteiger charge is 2.39. The Labute approximate surface area is 201 Å². The maximum absolute atomic E-state index is 11.7. The molecule has 32 heavy (non-hydrogen) atoms. The first-order chi connectivity index (χ1) is 15.0. The Kier molecular flexibility index (Phi) is 14.2. The van der Waals surface area contributed by atoms with Crippen LogP contribution in [0.3, 0.4) is 0 Å². The molecule has 1 aliphatic heterocycles. The topological polar surface area (TPSA) is 47.9 Å². The van der Waals surface area contributed by atoms with E-state index < -0.39 is 13.9 Å². The maximum Gasteiger partial charge on any atom is 0.192 e. The van der Waals surface area contributed by atoms with Crippen LogP contribution in [-0.4, -0.2) is 44.6 Å². The second kappa shape index (κ2) is 15.1. The molecule has 0 aromatic carbocycles. The lowest BCUT2D eigenvalue weighted by atomic mass is 9.85. The van der Waals surface area contributed by atoms with Gasteiger partial charge in [-0.25, -0.2) is 0 Å². The van der Waals surface area contributed by atoms with Crippen LogP contribution >= 0.6 is 0 Å². The summed E-state index contributed by atoms with van der Waals surface area (Å²) in [6, 6.07) is 0. The van der Waals surface area contributed by atoms with Gasteiger partial charge in [0.15, 0.2) is 14.6 Å². The van der Waals surface area contributed by atoms with Gasteiger partial charge < -0.3 is 19.0 Å². The number of rotatable bonds is 17. The lowest BCUT2D eigenvalue weighted by molar-refractivity contribution is -0.204. The van der Waals surface area contributed by atoms with E-state index in [4.69, 9.17) is 13.9 Å². The molecule has 1 rings (SSSR count). The number of unbranched alkanes of at least 4 members (excludes halogenated alkanes) is 6. The maximum atomic E-state index is 11.7. The Hall–Kier alpha value is 0.0569. The van der Waals surface area contributed by atoms with Gasteiger partial charge in [0.25, 0.3) is 0 Å². The van der Waals surface area contributed by atoms with Gasteiger partial charge >= 0.3 is 0 Å². The van der Waals surface area contributed by atoms with Crippen LogP contribution in [0.1, 0.15) is 125 Å². The summed E-state index contributed by atoms with van der Waals surface area (Å²) in [6.45, 7) is 17.2. The molecule has 0 saturated carbocycles. The first-order valence-electron chi connectivity index (χ1n) is 13.7. The smallest absolute Gasteiger partial charge is 0.192 e. The lowest BCUT2D eigenvalue weighted by Gasteiger charge is -2.39. The van der Waals surface area contributed by atoms with Crippen molar-refractivity contribution in [2.45, 2.75) is 161 Å². The molecule has 1 fully saturated rings. The lowest BCUT2D eigenvalue weighted by Crippen LogP contribution is -2.45. The van der Waals surface area contributed by atoms with Gasteiger partial charge in [0.2, 0.25) is 0 Å². The summed E-state index contributed by atoms with van der Waals surface area (Å²) in [6.07, 6.45) is 14.8. The van der Waals surface area contributed by atoms with Gasteiger partial charge in [-0.15, -0.1) is 0 Å². The quantitative estimate of drug-likeness (QED) is 0.172. The van der Waals surface area contributed by atoms with Crippen LogP contribution in [0.15, 0.2) is 0 Å². The molecule has 1 saturated heterocycles. The third kappa shape index (κ3) is 12.0. The molecule has 192 valence electrons. The Morgan fingerprint density at radius 2 is 1.53 bits per heavy atom. The molecule has 1 unspecified atom stereocenters. The number of hydrogen-bond acceptors (Lipinski definition) is 4. The summed E-state index contributed by atoms with van der Waals surface area (Å²) in [7, 11) is -1.88. The molecule has 1 N–H and O–H groups in total. The largest absolute Gasteiger partial charge is 0.414 e. The molecule has 0 spiro atoms. The highest BCUT2D eigenvalue weighted by molar-refractivity contribution is 6.74. The number of aliphatic hydroxyl groups is 1. The second-order valence-electron chi connectivity index (χ2n) is 11.7. The minimum absolute atomic E-state index is 0.116. The summed E-state index contributed by atoms with van der Waals surface area (Å²) < 4.78 is 18.9. The standard InChI is InChI=1S/C27H56O4Si/c1-8-10-12-15-19-27(28,20-16-13-11-9-2)22-24(31-25-18-14-17-21-29-25)23-30-32(6,7)26(3,4)5/h24-25,28H,8-23H2,1-7H3/t24-,25?/m0/s1. The summed E-state index contributed by atoms with van der Waals surface area (Å²) in [5.41, 5.74) is -0.669. The van der Waals surface area contributed by atoms with Crippen molar-refractivity contribution in [2.75, 3.05) is 13.2 Å². The van der Waals surface area contributed by atoms with E-state index in [-0.39, 0.29) is 17.4 Å². The zero-order valence-corrected chi connectivity index (χ0v) is 23.6. The molecule has 0 radical (unpaired) electrons. The van der Waals surface area contributed by atoms with Gasteiger partial charge in [-0.1, -0.05) is 86.0 Å². The molecule has 2 atom stereocenters. The first-order valence-corrected chi connectivity index (χ1v) is 16.6. The molecular weight excluding hydrogens is 416 g/mol. The zero-order chi connectivity index (χ0) is 24.1. The van der Waals surface area contributed by atoms with Crippen molar-refractivity contribution in [1.29, 1.82) is 0 Å². The van der Waals surface area contributed by atoms with E-state index in [1.807, 2.05) is 0 Å². The SMILES string of the molecule is CCCCCCC(O)(CCCCCC)C[C@@H](CO[Si](C)(C)C(C)(C)C)OC1CCCCO1. The van der Waals surface area contributed by atoms with Crippen LogP contribution in [0.2, 0.25) is 18.1 Å². The van der Waals surface area contributed by atoms with Crippen molar-refractivity contribution in [3.05, 3.63) is 0 Å². The molecular formula is C27H56O4Si. The molecule has 0 amide bonds. The minimum atomic E-state index is -1.88. The van der Waals surface area contributed by atoms with E-state index in [1.165, 1.54) is 38.5 Å². The van der Waals surface area contributed by atoms with E-state index in [0.29, 0.717) is 13.0 Å². The molecule has 0 aromatic rings. The van der Waals surface area contributed by atoms with Gasteiger partial charge in [-0.3, -0.25) is 0 Å². The first kappa shape index (κ1) is 30.1. The van der Waals surface area contributed by atoms with Crippen molar-refractivity contribution in [1.82, 2.24) is 0 Å². The Bertz CT molecular complexity index is 457. The van der Waals surface area contributed by atoms with Gasteiger partial charge in [0.05, 0.1) is 18.3 Å². The van der Waals surface area contributed by atoms with Gasteiger partial charge in [-0.05, 0) is 50.2 Å². The van der Waals surface area contributed by atoms with Gasteiger partial charge in [0.1, 0.15) is 0 Å². The molecule has 5 heteroatoms. The summed E-state index contributed by atoms with van der Waals surface area (Å²) in [5.74, 6) is 0. The fourth-order valence-corrected chi connectivity index (χ4v) is 5.25. The third-order valence-electron chi connectivity index (χ3n) is 7.52. The van der Waals surface area contributed by atoms with Crippen LogP contribution in [0, 0.1) is 0 Å². The van der Waals surface area contributed by atoms with Crippen molar-refractivity contribution >= 4 is 8.32 Å². The molecule has 0 aliphatic carbocycles. The van der Waals surface area contributed by atoms with E-state index >= 15 is 0 Å². The van der Waals surface area contributed by atoms with Crippen molar-refractivity contribution in [3.8, 4) is 0 Å². The Morgan fingerprint density at radius 1 is 0.938 bits per heavy atom. The second-order valence-corrected chi connectivity index (χ2v) is 16.5. The highest BCUT2D eigenvalue weighted by atomic mass is 28.4. The molecule has 0 aromatic heterocycles. The van der Waals surface area contributed by atoms with E-state index in [0.717, 1.165) is 51.6 Å². The Balaban J connectivity index is 2.85. The van der Waals surface area contributed by atoms with E-state index in [9.17, 15) is 5.11 Å². The normalized spacial score (nSPS) is 19.3. The van der Waals surface area contributed by atoms with Crippen LogP contribution in [-0.2, 0) is 13.9 Å². The molecule has 1 aliphatic rings. The molecule has 0 bridgehead atoms. The number of hydrogen-bond donors (Lipinski definition) is 1. The van der Waals surface area contributed by atoms with Crippen LogP contribution in [0.4, 0.5) is 0 Å². The van der Waals surface area contributed by atoms with Gasteiger partial charge in [-0.2, -0.15) is 0 Å². The average molecular weight is 473 g/mol. The molecule has 4 nitrogen and oxygen atoms in total. The summed E-state index contributed by atoms with van der Waals surface area (Å²) in [5, 5.41) is 11.9.